The molecule has 0 aliphatic carbocycles. The Labute approximate surface area is 166 Å². The topological polar surface area (TPSA) is 18.5 Å². The van der Waals surface area contributed by atoms with Crippen LogP contribution < -0.4 is 10.2 Å². The molecule has 2 aromatic rings. The first-order valence-electron chi connectivity index (χ1n) is 9.18. The van der Waals surface area contributed by atoms with E-state index in [4.69, 9.17) is 23.2 Å². The van der Waals surface area contributed by atoms with Crippen LogP contribution in [0.2, 0.25) is 10.0 Å². The first kappa shape index (κ1) is 19.5. The number of piperazine rings is 1. The summed E-state index contributed by atoms with van der Waals surface area (Å²) in [6.07, 6.45) is 2.01. The summed E-state index contributed by atoms with van der Waals surface area (Å²) >= 11 is 12.3. The summed E-state index contributed by atoms with van der Waals surface area (Å²) in [4.78, 5) is 4.73. The van der Waals surface area contributed by atoms with Gasteiger partial charge in [0.2, 0.25) is 0 Å². The maximum Gasteiger partial charge on any atom is 0.0595 e. The second kappa shape index (κ2) is 9.09. The molecule has 1 aliphatic rings. The Bertz CT molecular complexity index is 710. The van der Waals surface area contributed by atoms with Gasteiger partial charge < -0.3 is 10.2 Å². The van der Waals surface area contributed by atoms with E-state index in [1.165, 1.54) is 16.8 Å². The molecule has 0 spiro atoms. The average Bonchev–Trinajstić information content (AvgIpc) is 2.65. The highest BCUT2D eigenvalue weighted by molar-refractivity contribution is 6.42. The van der Waals surface area contributed by atoms with Gasteiger partial charge in [0.05, 0.1) is 10.0 Å². The van der Waals surface area contributed by atoms with E-state index in [1.807, 2.05) is 12.1 Å². The molecule has 26 heavy (non-hydrogen) atoms. The number of nitrogens with zero attached hydrogens (tertiary/aromatic N) is 2. The summed E-state index contributed by atoms with van der Waals surface area (Å²) in [5, 5.41) is 4.70. The van der Waals surface area contributed by atoms with Crippen molar-refractivity contribution in [3.05, 3.63) is 63.6 Å². The molecular weight excluding hydrogens is 365 g/mol. The maximum absolute atomic E-state index is 6.23. The highest BCUT2D eigenvalue weighted by Gasteiger charge is 2.21. The summed E-state index contributed by atoms with van der Waals surface area (Å²) in [5.74, 6) is 0. The molecule has 1 aliphatic heterocycles. The number of benzene rings is 2. The van der Waals surface area contributed by atoms with Crippen LogP contribution in [0.3, 0.4) is 0 Å². The monoisotopic (exact) mass is 391 g/mol. The van der Waals surface area contributed by atoms with Crippen molar-refractivity contribution >= 4 is 28.9 Å². The van der Waals surface area contributed by atoms with Crippen molar-refractivity contribution in [1.82, 2.24) is 10.2 Å². The summed E-state index contributed by atoms with van der Waals surface area (Å²) in [6, 6.07) is 15.4. The zero-order valence-corrected chi connectivity index (χ0v) is 17.0. The summed E-state index contributed by atoms with van der Waals surface area (Å²) in [5.41, 5.74) is 3.85. The van der Waals surface area contributed by atoms with E-state index in [1.54, 1.807) is 0 Å². The van der Waals surface area contributed by atoms with Crippen molar-refractivity contribution in [3.63, 3.8) is 0 Å². The molecule has 3 nitrogen and oxygen atoms in total. The van der Waals surface area contributed by atoms with Gasteiger partial charge in [0.1, 0.15) is 0 Å². The van der Waals surface area contributed by atoms with Gasteiger partial charge in [0.25, 0.3) is 0 Å². The first-order chi connectivity index (χ1) is 12.5. The Morgan fingerprint density at radius 3 is 2.15 bits per heavy atom. The second-order valence-corrected chi connectivity index (χ2v) is 7.97. The van der Waals surface area contributed by atoms with Gasteiger partial charge in [-0.15, -0.1) is 0 Å². The van der Waals surface area contributed by atoms with Crippen molar-refractivity contribution < 1.29 is 0 Å². The number of hydrogen-bond acceptors (Lipinski definition) is 3. The van der Waals surface area contributed by atoms with Gasteiger partial charge >= 0.3 is 0 Å². The molecular formula is C21H27Cl2N3. The lowest BCUT2D eigenvalue weighted by atomic mass is 9.97. The Kier molecular flexibility index (Phi) is 6.82. The zero-order chi connectivity index (χ0) is 18.5. The molecule has 0 saturated carbocycles. The van der Waals surface area contributed by atoms with Crippen molar-refractivity contribution in [1.29, 1.82) is 0 Å². The summed E-state index contributed by atoms with van der Waals surface area (Å²) < 4.78 is 0. The Hall–Kier alpha value is -1.26. The third kappa shape index (κ3) is 5.14. The van der Waals surface area contributed by atoms with Crippen molar-refractivity contribution in [2.75, 3.05) is 45.2 Å². The van der Waals surface area contributed by atoms with E-state index in [0.29, 0.717) is 16.1 Å². The van der Waals surface area contributed by atoms with Gasteiger partial charge in [-0.25, -0.2) is 0 Å². The van der Waals surface area contributed by atoms with E-state index in [0.717, 1.165) is 39.0 Å². The van der Waals surface area contributed by atoms with Crippen molar-refractivity contribution in [2.24, 2.45) is 0 Å². The highest BCUT2D eigenvalue weighted by Crippen LogP contribution is 2.25. The van der Waals surface area contributed by atoms with Crippen LogP contribution in [0.25, 0.3) is 0 Å². The summed E-state index contributed by atoms with van der Waals surface area (Å²) in [6.45, 7) is 4.28. The largest absolute Gasteiger partial charge is 0.378 e. The minimum absolute atomic E-state index is 0.458. The highest BCUT2D eigenvalue weighted by atomic mass is 35.5. The van der Waals surface area contributed by atoms with Gasteiger partial charge in [-0.1, -0.05) is 41.4 Å². The zero-order valence-electron chi connectivity index (χ0n) is 15.5. The molecule has 0 radical (unpaired) electrons. The van der Waals surface area contributed by atoms with E-state index >= 15 is 0 Å². The normalized spacial score (nSPS) is 16.5. The van der Waals surface area contributed by atoms with Gasteiger partial charge in [-0.3, -0.25) is 4.90 Å². The number of anilines is 1. The fourth-order valence-corrected chi connectivity index (χ4v) is 3.84. The minimum Gasteiger partial charge on any atom is -0.378 e. The number of hydrogen-bond donors (Lipinski definition) is 1. The third-order valence-electron chi connectivity index (χ3n) is 5.05. The Morgan fingerprint density at radius 2 is 1.54 bits per heavy atom. The molecule has 1 N–H and O–H groups in total. The van der Waals surface area contributed by atoms with E-state index in [9.17, 15) is 0 Å². The molecule has 3 rings (SSSR count). The lowest BCUT2D eigenvalue weighted by Crippen LogP contribution is -2.49. The van der Waals surface area contributed by atoms with Crippen LogP contribution >= 0.6 is 23.2 Å². The van der Waals surface area contributed by atoms with Crippen LogP contribution in [0.1, 0.15) is 11.1 Å². The van der Waals surface area contributed by atoms with Crippen molar-refractivity contribution in [2.45, 2.75) is 18.9 Å². The molecule has 1 fully saturated rings. The molecule has 1 unspecified atom stereocenters. The lowest BCUT2D eigenvalue weighted by molar-refractivity contribution is 0.170. The molecule has 1 saturated heterocycles. The predicted molar refractivity (Wildman–Crippen MR) is 113 cm³/mol. The van der Waals surface area contributed by atoms with Gasteiger partial charge in [0.15, 0.2) is 0 Å². The Balaban J connectivity index is 1.77. The van der Waals surface area contributed by atoms with E-state index < -0.39 is 0 Å². The second-order valence-electron chi connectivity index (χ2n) is 7.16. The molecule has 2 aromatic carbocycles. The van der Waals surface area contributed by atoms with Crippen LogP contribution in [0.15, 0.2) is 42.5 Å². The molecule has 0 amide bonds. The van der Waals surface area contributed by atoms with Gasteiger partial charge in [-0.2, -0.15) is 0 Å². The standard InChI is InChI=1S/C21H27Cl2N3/c1-25(2)18-6-3-16(4-7-18)13-19(26-11-9-24-10-12-26)14-17-5-8-20(22)21(23)15-17/h3-8,15,19,24H,9-14H2,1-2H3. The summed E-state index contributed by atoms with van der Waals surface area (Å²) in [7, 11) is 4.14. The number of nitrogens with one attached hydrogen (secondary N) is 1. The molecule has 5 heteroatoms. The quantitative estimate of drug-likeness (QED) is 0.798. The SMILES string of the molecule is CN(C)c1ccc(CC(Cc2ccc(Cl)c(Cl)c2)N2CCNCC2)cc1. The first-order valence-corrected chi connectivity index (χ1v) is 9.93. The predicted octanol–water partition coefficient (Wildman–Crippen LogP) is 4.12. The van der Waals surface area contributed by atoms with Crippen LogP contribution in [0, 0.1) is 0 Å². The lowest BCUT2D eigenvalue weighted by Gasteiger charge is -2.35. The Morgan fingerprint density at radius 1 is 0.923 bits per heavy atom. The molecule has 1 atom stereocenters. The van der Waals surface area contributed by atoms with Crippen LogP contribution in [-0.4, -0.2) is 51.2 Å². The molecule has 0 bridgehead atoms. The fraction of sp³-hybridized carbons (Fsp3) is 0.429. The maximum atomic E-state index is 6.23. The molecule has 0 aromatic heterocycles. The van der Waals surface area contributed by atoms with Gasteiger partial charge in [0, 0.05) is 52.0 Å². The fourth-order valence-electron chi connectivity index (χ4n) is 3.52. The average molecular weight is 392 g/mol. The van der Waals surface area contributed by atoms with Crippen molar-refractivity contribution in [3.8, 4) is 0 Å². The number of rotatable bonds is 6. The van der Waals surface area contributed by atoms with Crippen LogP contribution in [0.4, 0.5) is 5.69 Å². The van der Waals surface area contributed by atoms with Gasteiger partial charge in [-0.05, 0) is 48.2 Å². The minimum atomic E-state index is 0.458. The molecule has 1 heterocycles. The van der Waals surface area contributed by atoms with Crippen LogP contribution in [0.5, 0.6) is 0 Å². The smallest absolute Gasteiger partial charge is 0.0595 e. The van der Waals surface area contributed by atoms with Crippen LogP contribution in [-0.2, 0) is 12.8 Å². The van der Waals surface area contributed by atoms with E-state index in [2.05, 4.69) is 59.5 Å². The van der Waals surface area contributed by atoms with E-state index in [-0.39, 0.29) is 0 Å². The number of halogens is 2. The molecule has 140 valence electrons. The third-order valence-corrected chi connectivity index (χ3v) is 5.79.